The largest absolute Gasteiger partial charge is 0.381 e. The number of anilines is 1. The molecule has 3 heterocycles. The number of rotatable bonds is 6. The maximum atomic E-state index is 13.5. The Morgan fingerprint density at radius 2 is 1.57 bits per heavy atom. The molecule has 1 N–H and O–H groups in total. The predicted octanol–water partition coefficient (Wildman–Crippen LogP) is 7.43. The average molecular weight is 580 g/mol. The highest BCUT2D eigenvalue weighted by Gasteiger charge is 2.34. The van der Waals surface area contributed by atoms with Crippen molar-refractivity contribution in [3.05, 3.63) is 126 Å². The minimum absolute atomic E-state index is 0.182. The minimum atomic E-state index is -0.216. The van der Waals surface area contributed by atoms with Gasteiger partial charge >= 0.3 is 0 Å². The third kappa shape index (κ3) is 5.34. The summed E-state index contributed by atoms with van der Waals surface area (Å²) >= 11 is 0. The molecule has 2 aliphatic heterocycles. The van der Waals surface area contributed by atoms with E-state index in [9.17, 15) is 9.59 Å². The zero-order valence-corrected chi connectivity index (χ0v) is 24.6. The van der Waals surface area contributed by atoms with Crippen LogP contribution in [-0.4, -0.2) is 35.9 Å². The number of hydrogen-bond donors (Lipinski definition) is 1. The van der Waals surface area contributed by atoms with Crippen LogP contribution in [0.4, 0.5) is 5.69 Å². The second kappa shape index (κ2) is 12.0. The summed E-state index contributed by atoms with van der Waals surface area (Å²) in [6.07, 6.45) is 3.78. The maximum Gasteiger partial charge on any atom is 0.228 e. The number of hydrogen-bond acceptors (Lipinski definition) is 5. The monoisotopic (exact) mass is 579 g/mol. The van der Waals surface area contributed by atoms with Crippen LogP contribution in [-0.2, 0) is 16.1 Å². The number of carbonyl (C=O) groups excluding carboxylic acids is 2. The SMILES string of the molecule is CC(=O)N1/C(=C\c2cc(-c3ccccc3-c3ccccc3)c3cc(CNC4CCOCC4)ccc3n2)C(=O)c2ccccc21. The van der Waals surface area contributed by atoms with E-state index in [1.54, 1.807) is 18.2 Å². The van der Waals surface area contributed by atoms with Crippen LogP contribution >= 0.6 is 0 Å². The quantitative estimate of drug-likeness (QED) is 0.212. The molecule has 7 rings (SSSR count). The molecule has 0 unspecified atom stereocenters. The number of para-hydroxylation sites is 1. The van der Waals surface area contributed by atoms with Crippen molar-refractivity contribution in [3.8, 4) is 22.3 Å². The summed E-state index contributed by atoms with van der Waals surface area (Å²) < 4.78 is 5.53. The molecule has 6 nitrogen and oxygen atoms in total. The van der Waals surface area contributed by atoms with E-state index >= 15 is 0 Å². The van der Waals surface area contributed by atoms with E-state index in [0.717, 1.165) is 65.8 Å². The van der Waals surface area contributed by atoms with E-state index < -0.39 is 0 Å². The molecule has 0 atom stereocenters. The van der Waals surface area contributed by atoms with Crippen molar-refractivity contribution in [2.24, 2.45) is 0 Å². The Hall–Kier alpha value is -4.91. The Balaban J connectivity index is 1.37. The Morgan fingerprint density at radius 3 is 2.34 bits per heavy atom. The van der Waals surface area contributed by atoms with E-state index in [4.69, 9.17) is 9.72 Å². The van der Waals surface area contributed by atoms with E-state index in [-0.39, 0.29) is 11.7 Å². The molecule has 2 aliphatic rings. The van der Waals surface area contributed by atoms with Gasteiger partial charge in [-0.05, 0) is 77.1 Å². The maximum absolute atomic E-state index is 13.5. The van der Waals surface area contributed by atoms with E-state index in [2.05, 4.69) is 59.9 Å². The number of amides is 1. The molecule has 0 aliphatic carbocycles. The molecule has 0 bridgehead atoms. The number of ether oxygens (including phenoxy) is 1. The van der Waals surface area contributed by atoms with Crippen molar-refractivity contribution < 1.29 is 14.3 Å². The molecule has 0 spiro atoms. The Bertz CT molecular complexity index is 1910. The average Bonchev–Trinajstić information content (AvgIpc) is 3.35. The Kier molecular flexibility index (Phi) is 7.61. The molecule has 0 radical (unpaired) electrons. The molecule has 5 aromatic rings. The van der Waals surface area contributed by atoms with Crippen molar-refractivity contribution in [3.63, 3.8) is 0 Å². The van der Waals surface area contributed by atoms with E-state index in [0.29, 0.717) is 28.7 Å². The molecular weight excluding hydrogens is 546 g/mol. The number of benzene rings is 4. The first kappa shape index (κ1) is 27.9. The third-order valence-electron chi connectivity index (χ3n) is 8.47. The van der Waals surface area contributed by atoms with Crippen LogP contribution in [0, 0.1) is 0 Å². The summed E-state index contributed by atoms with van der Waals surface area (Å²) in [7, 11) is 0. The molecule has 1 saturated heterocycles. The first-order valence-corrected chi connectivity index (χ1v) is 15.1. The van der Waals surface area contributed by atoms with Gasteiger partial charge in [0.05, 0.1) is 22.6 Å². The number of ketones is 1. The summed E-state index contributed by atoms with van der Waals surface area (Å²) in [4.78, 5) is 32.8. The van der Waals surface area contributed by atoms with Crippen molar-refractivity contribution >= 4 is 34.4 Å². The smallest absolute Gasteiger partial charge is 0.228 e. The standard InChI is InChI=1S/C38H33N3O3/c1-25(42)41-36-14-8-7-13-32(36)38(43)37(41)23-29-22-33(31-12-6-5-11-30(31)27-9-3-2-4-10-27)34-21-26(15-16-35(34)40-29)24-39-28-17-19-44-20-18-28/h2-16,21-23,28,39H,17-20,24H2,1H3/b37-23-. The van der Waals surface area contributed by atoms with Gasteiger partial charge in [0.15, 0.2) is 0 Å². The van der Waals surface area contributed by atoms with Gasteiger partial charge in [-0.2, -0.15) is 0 Å². The first-order chi connectivity index (χ1) is 21.6. The van der Waals surface area contributed by atoms with Crippen molar-refractivity contribution in [1.29, 1.82) is 0 Å². The molecule has 218 valence electrons. The lowest BCUT2D eigenvalue weighted by molar-refractivity contribution is -0.116. The lowest BCUT2D eigenvalue weighted by Crippen LogP contribution is -2.34. The van der Waals surface area contributed by atoms with Gasteiger partial charge in [0.1, 0.15) is 0 Å². The highest BCUT2D eigenvalue weighted by Crippen LogP contribution is 2.39. The molecule has 44 heavy (non-hydrogen) atoms. The molecule has 1 fully saturated rings. The summed E-state index contributed by atoms with van der Waals surface area (Å²) in [6, 6.07) is 34.9. The van der Waals surface area contributed by atoms with Crippen LogP contribution in [0.5, 0.6) is 0 Å². The topological polar surface area (TPSA) is 71.5 Å². The van der Waals surface area contributed by atoms with E-state index in [1.165, 1.54) is 17.4 Å². The fourth-order valence-electron chi connectivity index (χ4n) is 6.29. The number of allylic oxidation sites excluding steroid dienone is 1. The molecule has 0 saturated carbocycles. The van der Waals surface area contributed by atoms with Gasteiger partial charge < -0.3 is 10.1 Å². The Morgan fingerprint density at radius 1 is 0.864 bits per heavy atom. The number of nitrogens with one attached hydrogen (secondary N) is 1. The molecular formula is C38H33N3O3. The van der Waals surface area contributed by atoms with Gasteiger partial charge in [-0.3, -0.25) is 14.5 Å². The fourth-order valence-corrected chi connectivity index (χ4v) is 6.29. The normalized spacial score (nSPS) is 16.1. The van der Waals surface area contributed by atoms with Gasteiger partial charge in [0.2, 0.25) is 11.7 Å². The Labute approximate surface area is 257 Å². The fraction of sp³-hybridized carbons (Fsp3) is 0.184. The summed E-state index contributed by atoms with van der Waals surface area (Å²) in [5.74, 6) is -0.398. The lowest BCUT2D eigenvalue weighted by atomic mass is 9.91. The third-order valence-corrected chi connectivity index (χ3v) is 8.47. The van der Waals surface area contributed by atoms with Crippen molar-refractivity contribution in [2.45, 2.75) is 32.4 Å². The molecule has 1 aromatic heterocycles. The van der Waals surface area contributed by atoms with Crippen LogP contribution in [0.25, 0.3) is 39.2 Å². The lowest BCUT2D eigenvalue weighted by Gasteiger charge is -2.23. The van der Waals surface area contributed by atoms with Crippen LogP contribution < -0.4 is 10.2 Å². The zero-order chi connectivity index (χ0) is 30.0. The zero-order valence-electron chi connectivity index (χ0n) is 24.6. The van der Waals surface area contributed by atoms with Gasteiger partial charge in [-0.15, -0.1) is 0 Å². The van der Waals surface area contributed by atoms with Gasteiger partial charge in [0.25, 0.3) is 0 Å². The van der Waals surface area contributed by atoms with Gasteiger partial charge in [-0.1, -0.05) is 72.8 Å². The molecule has 1 amide bonds. The highest BCUT2D eigenvalue weighted by molar-refractivity contribution is 6.26. The summed E-state index contributed by atoms with van der Waals surface area (Å²) in [5, 5.41) is 4.74. The van der Waals surface area contributed by atoms with E-state index in [1.807, 2.05) is 36.4 Å². The van der Waals surface area contributed by atoms with Crippen LogP contribution in [0.15, 0.2) is 109 Å². The number of Topliss-reactive ketones (excluding diaryl/α,β-unsaturated/α-hetero) is 1. The van der Waals surface area contributed by atoms with Gasteiger partial charge in [-0.25, -0.2) is 4.98 Å². The second-order valence-corrected chi connectivity index (χ2v) is 11.4. The van der Waals surface area contributed by atoms with Crippen LogP contribution in [0.1, 0.15) is 41.4 Å². The molecule has 4 aromatic carbocycles. The minimum Gasteiger partial charge on any atom is -0.381 e. The summed E-state index contributed by atoms with van der Waals surface area (Å²) in [6.45, 7) is 3.83. The van der Waals surface area contributed by atoms with Gasteiger partial charge in [0, 0.05) is 43.7 Å². The number of fused-ring (bicyclic) bond motifs is 2. The molecule has 6 heteroatoms. The first-order valence-electron chi connectivity index (χ1n) is 15.1. The summed E-state index contributed by atoms with van der Waals surface area (Å²) in [5.41, 5.74) is 8.38. The highest BCUT2D eigenvalue weighted by atomic mass is 16.5. The predicted molar refractivity (Wildman–Crippen MR) is 175 cm³/mol. The number of nitrogens with zero attached hydrogens (tertiary/aromatic N) is 2. The number of pyridine rings is 1. The second-order valence-electron chi connectivity index (χ2n) is 11.4. The van der Waals surface area contributed by atoms with Crippen LogP contribution in [0.2, 0.25) is 0 Å². The van der Waals surface area contributed by atoms with Crippen molar-refractivity contribution in [1.82, 2.24) is 10.3 Å². The van der Waals surface area contributed by atoms with Crippen LogP contribution in [0.3, 0.4) is 0 Å². The van der Waals surface area contributed by atoms with Crippen molar-refractivity contribution in [2.75, 3.05) is 18.1 Å². The number of aromatic nitrogens is 1. The number of carbonyl (C=O) groups is 2.